The molecule has 11 nitrogen and oxygen atoms in total. The molecule has 1 aliphatic heterocycles. The number of hydrogen-bond donors (Lipinski definition) is 2. The molecule has 0 spiro atoms. The first kappa shape index (κ1) is 22.2. The predicted octanol–water partition coefficient (Wildman–Crippen LogP) is 2.41. The number of halogens is 1. The van der Waals surface area contributed by atoms with Crippen LogP contribution in [0.15, 0.2) is 24.7 Å². The predicted molar refractivity (Wildman–Crippen MR) is 117 cm³/mol. The van der Waals surface area contributed by atoms with Crippen molar-refractivity contribution in [2.75, 3.05) is 36.5 Å². The number of ether oxygens (including phenoxy) is 1. The Kier molecular flexibility index (Phi) is 5.99. The highest BCUT2D eigenvalue weighted by atomic mass is 19.1. The summed E-state index contributed by atoms with van der Waals surface area (Å²) in [6, 6.07) is 0.952. The highest BCUT2D eigenvalue weighted by Gasteiger charge is 2.29. The van der Waals surface area contributed by atoms with Gasteiger partial charge in [0.2, 0.25) is 11.8 Å². The van der Waals surface area contributed by atoms with Gasteiger partial charge in [-0.2, -0.15) is 4.98 Å². The fourth-order valence-electron chi connectivity index (χ4n) is 3.78. The minimum absolute atomic E-state index is 0.0911. The average molecular weight is 457 g/mol. The molecule has 2 N–H and O–H groups in total. The summed E-state index contributed by atoms with van der Waals surface area (Å²) in [5.74, 6) is -0.682. The van der Waals surface area contributed by atoms with E-state index in [1.165, 1.54) is 21.6 Å². The van der Waals surface area contributed by atoms with E-state index in [2.05, 4.69) is 20.3 Å². The van der Waals surface area contributed by atoms with E-state index in [0.29, 0.717) is 31.3 Å². The summed E-state index contributed by atoms with van der Waals surface area (Å²) in [4.78, 5) is 40.2. The van der Waals surface area contributed by atoms with Gasteiger partial charge in [0.25, 0.3) is 5.91 Å². The number of nitrogens with one attached hydrogen (secondary N) is 1. The van der Waals surface area contributed by atoms with E-state index in [1.54, 1.807) is 26.2 Å². The summed E-state index contributed by atoms with van der Waals surface area (Å²) in [6.07, 6.45) is 3.61. The van der Waals surface area contributed by atoms with Crippen molar-refractivity contribution in [1.82, 2.24) is 24.3 Å². The number of carboxylic acid groups (broad SMARTS) is 1. The quantitative estimate of drug-likeness (QED) is 0.598. The molecule has 4 heterocycles. The molecule has 33 heavy (non-hydrogen) atoms. The van der Waals surface area contributed by atoms with Crippen LogP contribution in [0.5, 0.6) is 5.88 Å². The van der Waals surface area contributed by atoms with Gasteiger partial charge in [0.1, 0.15) is 5.56 Å². The average Bonchev–Trinajstić information content (AvgIpc) is 3.14. The summed E-state index contributed by atoms with van der Waals surface area (Å²) >= 11 is 0. The van der Waals surface area contributed by atoms with E-state index in [1.807, 2.05) is 11.8 Å². The second-order valence-electron chi connectivity index (χ2n) is 7.74. The number of piperazine rings is 1. The Morgan fingerprint density at radius 1 is 1.30 bits per heavy atom. The van der Waals surface area contributed by atoms with Crippen LogP contribution < -0.4 is 15.0 Å². The van der Waals surface area contributed by atoms with Gasteiger partial charge in [-0.1, -0.05) is 0 Å². The lowest BCUT2D eigenvalue weighted by Gasteiger charge is -2.38. The molecule has 0 radical (unpaired) electrons. The fraction of sp³-hybridized carbons (Fsp3) is 0.381. The smallest absolute Gasteiger partial charge is 0.407 e. The molecular formula is C21H24FN7O4. The lowest BCUT2D eigenvalue weighted by molar-refractivity contribution is 0.102. The molecule has 3 aromatic rings. The van der Waals surface area contributed by atoms with E-state index < -0.39 is 17.8 Å². The number of aromatic nitrogens is 4. The van der Waals surface area contributed by atoms with Crippen LogP contribution in [0, 0.1) is 12.7 Å². The Hall–Kier alpha value is -3.96. The maximum Gasteiger partial charge on any atom is 0.407 e. The van der Waals surface area contributed by atoms with Gasteiger partial charge in [-0.25, -0.2) is 19.2 Å². The van der Waals surface area contributed by atoms with E-state index in [4.69, 9.17) is 4.74 Å². The van der Waals surface area contributed by atoms with Crippen molar-refractivity contribution < 1.29 is 23.8 Å². The molecule has 1 saturated heterocycles. The molecule has 1 atom stereocenters. The maximum absolute atomic E-state index is 14.4. The molecule has 12 heteroatoms. The lowest BCUT2D eigenvalue weighted by atomic mass is 10.2. The minimum Gasteiger partial charge on any atom is -0.477 e. The zero-order valence-corrected chi connectivity index (χ0v) is 18.4. The summed E-state index contributed by atoms with van der Waals surface area (Å²) in [7, 11) is 0. The van der Waals surface area contributed by atoms with Crippen LogP contribution in [0.4, 0.5) is 20.8 Å². The monoisotopic (exact) mass is 457 g/mol. The lowest BCUT2D eigenvalue weighted by Crippen LogP contribution is -2.54. The third-order valence-corrected chi connectivity index (χ3v) is 5.31. The fourth-order valence-corrected chi connectivity index (χ4v) is 3.78. The molecule has 0 unspecified atom stereocenters. The molecule has 0 aromatic carbocycles. The van der Waals surface area contributed by atoms with Crippen LogP contribution in [0.3, 0.4) is 0 Å². The van der Waals surface area contributed by atoms with Gasteiger partial charge in [0.05, 0.1) is 18.0 Å². The summed E-state index contributed by atoms with van der Waals surface area (Å²) in [6.45, 7) is 6.73. The molecular weight excluding hydrogens is 433 g/mol. The highest BCUT2D eigenvalue weighted by molar-refractivity contribution is 6.05. The second-order valence-corrected chi connectivity index (χ2v) is 7.74. The van der Waals surface area contributed by atoms with Crippen LogP contribution in [-0.4, -0.2) is 73.6 Å². The molecule has 2 amide bonds. The number of imidazole rings is 1. The topological polar surface area (TPSA) is 125 Å². The molecule has 174 valence electrons. The van der Waals surface area contributed by atoms with Gasteiger partial charge >= 0.3 is 6.09 Å². The first-order chi connectivity index (χ1) is 15.8. The van der Waals surface area contributed by atoms with E-state index in [-0.39, 0.29) is 35.4 Å². The Morgan fingerprint density at radius 2 is 2.09 bits per heavy atom. The number of nitrogens with zero attached hydrogens (tertiary/aromatic N) is 6. The minimum atomic E-state index is -0.967. The van der Waals surface area contributed by atoms with E-state index in [9.17, 15) is 19.1 Å². The number of carbonyl (C=O) groups is 2. The SMILES string of the molecule is CCOc1nc(N2CCN(C(=O)O)[C@H](C)C2)ncc1C(=O)Nc1cc(F)c2nc(C)cn2c1. The molecule has 3 aromatic heterocycles. The number of amides is 2. The maximum atomic E-state index is 14.4. The molecule has 0 saturated carbocycles. The van der Waals surface area contributed by atoms with Gasteiger partial charge in [-0.15, -0.1) is 0 Å². The zero-order chi connectivity index (χ0) is 23.7. The second kappa shape index (κ2) is 8.88. The van der Waals surface area contributed by atoms with Crippen LogP contribution in [0.2, 0.25) is 0 Å². The van der Waals surface area contributed by atoms with Crippen molar-refractivity contribution in [1.29, 1.82) is 0 Å². The van der Waals surface area contributed by atoms with Gasteiger partial charge in [-0.05, 0) is 20.8 Å². The summed E-state index contributed by atoms with van der Waals surface area (Å²) in [5.41, 5.74) is 1.16. The Balaban J connectivity index is 1.56. The van der Waals surface area contributed by atoms with E-state index >= 15 is 0 Å². The number of carbonyl (C=O) groups excluding carboxylic acids is 1. The normalized spacial score (nSPS) is 16.2. The van der Waals surface area contributed by atoms with E-state index in [0.717, 1.165) is 0 Å². The van der Waals surface area contributed by atoms with Crippen molar-refractivity contribution in [2.24, 2.45) is 0 Å². The zero-order valence-electron chi connectivity index (χ0n) is 18.4. The number of fused-ring (bicyclic) bond motifs is 1. The summed E-state index contributed by atoms with van der Waals surface area (Å²) in [5, 5.41) is 11.9. The number of anilines is 2. The van der Waals surface area contributed by atoms with Crippen LogP contribution in [0.1, 0.15) is 29.9 Å². The standard InChI is InChI=1S/C21H24FN7O4/c1-4-33-19-15(8-23-20(26-19)27-5-6-29(21(31)32)13(3)10-27)18(30)25-14-7-16(22)17-24-12(2)9-28(17)11-14/h7-9,11,13H,4-6,10H2,1-3H3,(H,25,30)(H,31,32)/t13-/m1/s1. The number of hydrogen-bond acceptors (Lipinski definition) is 7. The van der Waals surface area contributed by atoms with Crippen molar-refractivity contribution in [3.05, 3.63) is 41.7 Å². The van der Waals surface area contributed by atoms with Crippen molar-refractivity contribution in [2.45, 2.75) is 26.8 Å². The first-order valence-electron chi connectivity index (χ1n) is 10.5. The molecule has 1 aliphatic rings. The van der Waals surface area contributed by atoms with Crippen LogP contribution in [0.25, 0.3) is 5.65 Å². The van der Waals surface area contributed by atoms with Gasteiger partial charge < -0.3 is 29.4 Å². The van der Waals surface area contributed by atoms with Crippen molar-refractivity contribution in [3.8, 4) is 5.88 Å². The highest BCUT2D eigenvalue weighted by Crippen LogP contribution is 2.23. The molecule has 4 rings (SSSR count). The van der Waals surface area contributed by atoms with Gasteiger partial charge in [0.15, 0.2) is 11.5 Å². The summed E-state index contributed by atoms with van der Waals surface area (Å²) < 4.78 is 21.4. The molecule has 0 bridgehead atoms. The number of aryl methyl sites for hydroxylation is 1. The third kappa shape index (κ3) is 4.49. The molecule has 0 aliphatic carbocycles. The Bertz CT molecular complexity index is 1210. The third-order valence-electron chi connectivity index (χ3n) is 5.31. The van der Waals surface area contributed by atoms with Gasteiger partial charge in [-0.3, -0.25) is 4.79 Å². The van der Waals surface area contributed by atoms with Crippen LogP contribution in [-0.2, 0) is 0 Å². The van der Waals surface area contributed by atoms with Crippen molar-refractivity contribution in [3.63, 3.8) is 0 Å². The number of rotatable bonds is 5. The Morgan fingerprint density at radius 3 is 2.79 bits per heavy atom. The van der Waals surface area contributed by atoms with Crippen molar-refractivity contribution >= 4 is 29.3 Å². The first-order valence-corrected chi connectivity index (χ1v) is 10.5. The molecule has 1 fully saturated rings. The largest absolute Gasteiger partial charge is 0.477 e. The Labute approximate surface area is 188 Å². The van der Waals surface area contributed by atoms with Gasteiger partial charge in [0, 0.05) is 50.3 Å². The van der Waals surface area contributed by atoms with Crippen LogP contribution >= 0.6 is 0 Å². The number of pyridine rings is 1.